The Balaban J connectivity index is 1.83. The van der Waals surface area contributed by atoms with Gasteiger partial charge in [0, 0.05) is 23.9 Å². The van der Waals surface area contributed by atoms with Gasteiger partial charge < -0.3 is 4.74 Å². The molecular weight excluding hydrogens is 364 g/mol. The molecule has 0 aliphatic rings. The highest BCUT2D eigenvalue weighted by atomic mass is 31.1. The normalized spacial score (nSPS) is 10.9. The van der Waals surface area contributed by atoms with Crippen LogP contribution in [-0.4, -0.2) is 20.4 Å². The Bertz CT molecular complexity index is 923. The average molecular weight is 385 g/mol. The number of aryl methyl sites for hydroxylation is 1. The maximum atomic E-state index is 12.2. The average Bonchev–Trinajstić information content (AvgIpc) is 2.64. The molecule has 7 heteroatoms. The Morgan fingerprint density at radius 1 is 1.04 bits per heavy atom. The van der Waals surface area contributed by atoms with Gasteiger partial charge in [-0.3, -0.25) is 4.79 Å². The van der Waals surface area contributed by atoms with Crippen LogP contribution < -0.4 is 10.3 Å². The maximum absolute atomic E-state index is 12.2. The Labute approximate surface area is 157 Å². The van der Waals surface area contributed by atoms with Crippen molar-refractivity contribution in [3.05, 3.63) is 76.2 Å². The van der Waals surface area contributed by atoms with Crippen LogP contribution in [-0.2, 0) is 13.0 Å². The van der Waals surface area contributed by atoms with Gasteiger partial charge >= 0.3 is 0 Å². The lowest BCUT2D eigenvalue weighted by molar-refractivity contribution is 0.350. The zero-order valence-corrected chi connectivity index (χ0v) is 16.8. The molecule has 0 radical (unpaired) electrons. The van der Waals surface area contributed by atoms with Crippen LogP contribution in [0.5, 0.6) is 5.88 Å². The number of benzene rings is 1. The molecule has 2 atom stereocenters. The summed E-state index contributed by atoms with van der Waals surface area (Å²) in [5.74, 6) is 0.535. The highest BCUT2D eigenvalue weighted by Gasteiger charge is 2.06. The van der Waals surface area contributed by atoms with Gasteiger partial charge in [0.25, 0.3) is 5.56 Å². The minimum absolute atomic E-state index is 0.0903. The van der Waals surface area contributed by atoms with E-state index in [9.17, 15) is 4.79 Å². The maximum Gasteiger partial charge on any atom is 0.267 e. The smallest absolute Gasteiger partial charge is 0.267 e. The number of ether oxygens (including phenoxy) is 1. The minimum Gasteiger partial charge on any atom is -0.466 e. The predicted molar refractivity (Wildman–Crippen MR) is 110 cm³/mol. The third-order valence-electron chi connectivity index (χ3n) is 3.92. The summed E-state index contributed by atoms with van der Waals surface area (Å²) >= 11 is 0. The summed E-state index contributed by atoms with van der Waals surface area (Å²) < 4.78 is 6.96. The van der Waals surface area contributed by atoms with E-state index in [0.29, 0.717) is 18.1 Å². The monoisotopic (exact) mass is 385 g/mol. The van der Waals surface area contributed by atoms with Crippen LogP contribution in [0.3, 0.4) is 0 Å². The van der Waals surface area contributed by atoms with E-state index in [1.54, 1.807) is 18.3 Å². The predicted octanol–water partition coefficient (Wildman–Crippen LogP) is 3.33. The molecule has 2 heterocycles. The van der Waals surface area contributed by atoms with Crippen LogP contribution >= 0.6 is 18.5 Å². The van der Waals surface area contributed by atoms with Crippen LogP contribution in [0.4, 0.5) is 0 Å². The van der Waals surface area contributed by atoms with Crippen molar-refractivity contribution in [1.82, 2.24) is 14.8 Å². The van der Waals surface area contributed by atoms with Crippen molar-refractivity contribution >= 4 is 18.5 Å². The molecule has 0 saturated carbocycles. The van der Waals surface area contributed by atoms with Crippen LogP contribution in [0.15, 0.2) is 59.5 Å². The second-order valence-corrected chi connectivity index (χ2v) is 7.94. The van der Waals surface area contributed by atoms with Crippen molar-refractivity contribution in [3.63, 3.8) is 0 Å². The van der Waals surface area contributed by atoms with Gasteiger partial charge in [0.05, 0.1) is 12.2 Å². The molecule has 0 spiro atoms. The molecule has 2 aromatic heterocycles. The zero-order valence-electron chi connectivity index (χ0n) is 14.5. The first-order valence-corrected chi connectivity index (χ1v) is 9.68. The topological polar surface area (TPSA) is 57.0 Å². The van der Waals surface area contributed by atoms with Gasteiger partial charge in [0.1, 0.15) is 5.59 Å². The van der Waals surface area contributed by atoms with Crippen LogP contribution in [0, 0.1) is 0 Å². The second kappa shape index (κ2) is 8.53. The summed E-state index contributed by atoms with van der Waals surface area (Å²) in [6.07, 6.45) is 2.69. The van der Waals surface area contributed by atoms with E-state index in [0.717, 1.165) is 17.5 Å². The Morgan fingerprint density at radius 2 is 1.77 bits per heavy atom. The first-order chi connectivity index (χ1) is 12.5. The number of nitrogens with zero attached hydrogens (tertiary/aromatic N) is 3. The standard InChI is InChI=1S/C19H21N3O2P2/c1-2-13-3-5-14(6-4-13)12-22-18(23)10-8-16(21-22)15-7-9-17(20-11-15)24-19(25)26/h3-11,19H,2,12,25-26H2,1H3. The number of aromatic nitrogens is 3. The Morgan fingerprint density at radius 3 is 2.38 bits per heavy atom. The van der Waals surface area contributed by atoms with E-state index < -0.39 is 0 Å². The summed E-state index contributed by atoms with van der Waals surface area (Å²) in [6, 6.07) is 15.2. The summed E-state index contributed by atoms with van der Waals surface area (Å²) in [5.41, 5.74) is 3.62. The van der Waals surface area contributed by atoms with Crippen molar-refractivity contribution in [2.24, 2.45) is 0 Å². The number of hydrogen-bond acceptors (Lipinski definition) is 4. The van der Waals surface area contributed by atoms with Crippen molar-refractivity contribution in [3.8, 4) is 17.1 Å². The van der Waals surface area contributed by atoms with Gasteiger partial charge in [-0.2, -0.15) is 5.10 Å². The highest BCUT2D eigenvalue weighted by Crippen LogP contribution is 2.20. The van der Waals surface area contributed by atoms with E-state index in [2.05, 4.69) is 47.6 Å². The minimum atomic E-state index is -0.130. The SMILES string of the molecule is CCc1ccc(Cn2nc(-c3ccc(OC(P)P)nc3)ccc2=O)cc1. The summed E-state index contributed by atoms with van der Waals surface area (Å²) in [7, 11) is 5.05. The first kappa shape index (κ1) is 18.7. The van der Waals surface area contributed by atoms with E-state index >= 15 is 0 Å². The third kappa shape index (κ3) is 4.75. The Hall–Kier alpha value is -2.09. The van der Waals surface area contributed by atoms with E-state index in [4.69, 9.17) is 4.74 Å². The quantitative estimate of drug-likeness (QED) is 0.611. The van der Waals surface area contributed by atoms with Crippen molar-refractivity contribution in [2.45, 2.75) is 25.5 Å². The van der Waals surface area contributed by atoms with Gasteiger partial charge in [-0.15, -0.1) is 0 Å². The van der Waals surface area contributed by atoms with E-state index in [1.807, 2.05) is 18.2 Å². The zero-order chi connectivity index (χ0) is 18.5. The van der Waals surface area contributed by atoms with Gasteiger partial charge in [-0.1, -0.05) is 49.7 Å². The van der Waals surface area contributed by atoms with E-state index in [1.165, 1.54) is 16.3 Å². The summed E-state index contributed by atoms with van der Waals surface area (Å²) in [6.45, 7) is 2.56. The lowest BCUT2D eigenvalue weighted by Gasteiger charge is -2.10. The summed E-state index contributed by atoms with van der Waals surface area (Å²) in [4.78, 5) is 16.4. The van der Waals surface area contributed by atoms with Gasteiger partial charge in [0.2, 0.25) is 5.88 Å². The van der Waals surface area contributed by atoms with E-state index in [-0.39, 0.29) is 11.1 Å². The summed E-state index contributed by atoms with van der Waals surface area (Å²) in [5, 5.41) is 4.49. The third-order valence-corrected chi connectivity index (χ3v) is 4.19. The first-order valence-electron chi connectivity index (χ1n) is 8.35. The molecule has 3 aromatic rings. The number of hydrogen-bond donors (Lipinski definition) is 0. The molecule has 0 saturated heterocycles. The van der Waals surface area contributed by atoms with Crippen LogP contribution in [0.2, 0.25) is 0 Å². The molecule has 5 nitrogen and oxygen atoms in total. The molecule has 0 aliphatic carbocycles. The number of rotatable bonds is 6. The number of pyridine rings is 1. The molecule has 0 N–H and O–H groups in total. The molecule has 1 aromatic carbocycles. The van der Waals surface area contributed by atoms with Gasteiger partial charge in [-0.25, -0.2) is 9.67 Å². The molecule has 26 heavy (non-hydrogen) atoms. The Kier molecular flexibility index (Phi) is 6.13. The largest absolute Gasteiger partial charge is 0.466 e. The molecule has 0 amide bonds. The molecule has 0 bridgehead atoms. The molecular formula is C19H21N3O2P2. The van der Waals surface area contributed by atoms with Crippen LogP contribution in [0.1, 0.15) is 18.1 Å². The van der Waals surface area contributed by atoms with Gasteiger partial charge in [0.15, 0.2) is 0 Å². The van der Waals surface area contributed by atoms with Crippen molar-refractivity contribution < 1.29 is 4.74 Å². The van der Waals surface area contributed by atoms with Crippen LogP contribution in [0.25, 0.3) is 11.3 Å². The lowest BCUT2D eigenvalue weighted by Crippen LogP contribution is -2.22. The molecule has 2 unspecified atom stereocenters. The fourth-order valence-corrected chi connectivity index (χ4v) is 2.79. The fourth-order valence-electron chi connectivity index (χ4n) is 2.51. The molecule has 134 valence electrons. The fraction of sp³-hybridized carbons (Fsp3) is 0.211. The second-order valence-electron chi connectivity index (χ2n) is 5.85. The lowest BCUT2D eigenvalue weighted by atomic mass is 10.1. The molecule has 3 rings (SSSR count). The molecule has 0 fully saturated rings. The van der Waals surface area contributed by atoms with Crippen molar-refractivity contribution in [1.29, 1.82) is 0 Å². The van der Waals surface area contributed by atoms with Crippen molar-refractivity contribution in [2.75, 3.05) is 0 Å². The van der Waals surface area contributed by atoms with Gasteiger partial charge in [-0.05, 0) is 29.7 Å². The highest BCUT2D eigenvalue weighted by molar-refractivity contribution is 7.37. The molecule has 0 aliphatic heterocycles.